The molecule has 2 aliphatic heterocycles. The van der Waals surface area contributed by atoms with Crippen LogP contribution in [0.25, 0.3) is 0 Å². The molecule has 0 unspecified atom stereocenters. The summed E-state index contributed by atoms with van der Waals surface area (Å²) < 4.78 is 27.1. The third kappa shape index (κ3) is 4.56. The maximum atomic E-state index is 13.9. The van der Waals surface area contributed by atoms with Crippen molar-refractivity contribution in [2.45, 2.75) is 63.8 Å². The van der Waals surface area contributed by atoms with Gasteiger partial charge in [-0.1, -0.05) is 6.42 Å². The second kappa shape index (κ2) is 9.65. The second-order valence-electron chi connectivity index (χ2n) is 9.47. The summed E-state index contributed by atoms with van der Waals surface area (Å²) in [6.07, 6.45) is 11.0. The number of halogens is 2. The topological polar surface area (TPSA) is 40.0 Å². The predicted molar refractivity (Wildman–Crippen MR) is 124 cm³/mol. The fraction of sp³-hybridized carbons (Fsp3) is 0.538. The van der Waals surface area contributed by atoms with Gasteiger partial charge in [0.25, 0.3) is 0 Å². The first kappa shape index (κ1) is 21.5. The molecule has 6 heteroatoms. The molecule has 32 heavy (non-hydrogen) atoms. The minimum Gasteiger partial charge on any atom is -0.384 e. The molecule has 2 aromatic carbocycles. The van der Waals surface area contributed by atoms with Gasteiger partial charge in [0.05, 0.1) is 5.69 Å². The highest BCUT2D eigenvalue weighted by atomic mass is 19.1. The van der Waals surface area contributed by atoms with Crippen LogP contribution in [0.4, 0.5) is 25.8 Å². The SMILES string of the molecule is Fc1ccc(N=Nc2ccc(NC[C@@H]3CCCN4CCCC[C@H]34)c3c2CCCC3)c(F)c1. The van der Waals surface area contributed by atoms with Crippen molar-refractivity contribution in [1.82, 2.24) is 4.90 Å². The largest absolute Gasteiger partial charge is 0.384 e. The van der Waals surface area contributed by atoms with Crippen LogP contribution in [0.15, 0.2) is 40.6 Å². The normalized spacial score (nSPS) is 23.7. The van der Waals surface area contributed by atoms with Crippen molar-refractivity contribution < 1.29 is 8.78 Å². The van der Waals surface area contributed by atoms with Crippen molar-refractivity contribution in [3.63, 3.8) is 0 Å². The van der Waals surface area contributed by atoms with Crippen LogP contribution in [0, 0.1) is 17.6 Å². The first-order valence-electron chi connectivity index (χ1n) is 12.2. The highest BCUT2D eigenvalue weighted by molar-refractivity contribution is 5.64. The first-order valence-corrected chi connectivity index (χ1v) is 12.2. The summed E-state index contributed by atoms with van der Waals surface area (Å²) in [5.74, 6) is -0.585. The highest BCUT2D eigenvalue weighted by Gasteiger charge is 2.32. The van der Waals surface area contributed by atoms with Gasteiger partial charge >= 0.3 is 0 Å². The van der Waals surface area contributed by atoms with Gasteiger partial charge in [-0.05, 0) is 106 Å². The van der Waals surface area contributed by atoms with E-state index in [0.717, 1.165) is 43.6 Å². The minimum atomic E-state index is -0.690. The summed E-state index contributed by atoms with van der Waals surface area (Å²) >= 11 is 0. The molecular weight excluding hydrogens is 406 g/mol. The number of azo groups is 1. The van der Waals surface area contributed by atoms with E-state index in [1.165, 1.54) is 80.6 Å². The molecule has 0 aromatic heterocycles. The Morgan fingerprint density at radius 3 is 2.50 bits per heavy atom. The molecule has 1 N–H and O–H groups in total. The van der Waals surface area contributed by atoms with Crippen molar-refractivity contribution in [2.75, 3.05) is 25.0 Å². The molecule has 0 saturated carbocycles. The Labute approximate surface area is 189 Å². The van der Waals surface area contributed by atoms with Gasteiger partial charge in [-0.2, -0.15) is 5.11 Å². The monoisotopic (exact) mass is 438 g/mol. The van der Waals surface area contributed by atoms with Gasteiger partial charge < -0.3 is 10.2 Å². The molecule has 4 nitrogen and oxygen atoms in total. The van der Waals surface area contributed by atoms with Gasteiger partial charge in [0.2, 0.25) is 0 Å². The third-order valence-electron chi connectivity index (χ3n) is 7.47. The Kier molecular flexibility index (Phi) is 6.49. The Hall–Kier alpha value is -2.34. The molecule has 5 rings (SSSR count). The summed E-state index contributed by atoms with van der Waals surface area (Å²) in [6.45, 7) is 3.56. The van der Waals surface area contributed by atoms with E-state index in [-0.39, 0.29) is 5.69 Å². The van der Waals surface area contributed by atoms with E-state index in [1.807, 2.05) is 6.07 Å². The summed E-state index contributed by atoms with van der Waals surface area (Å²) in [5, 5.41) is 12.2. The number of fused-ring (bicyclic) bond motifs is 2. The molecule has 2 saturated heterocycles. The molecule has 0 spiro atoms. The molecule has 0 radical (unpaired) electrons. The number of rotatable bonds is 5. The molecule has 3 aliphatic rings. The molecule has 1 aliphatic carbocycles. The molecule has 170 valence electrons. The van der Waals surface area contributed by atoms with Gasteiger partial charge in [-0.25, -0.2) is 8.78 Å². The van der Waals surface area contributed by atoms with Crippen LogP contribution in [-0.4, -0.2) is 30.6 Å². The number of hydrogen-bond acceptors (Lipinski definition) is 4. The number of hydrogen-bond donors (Lipinski definition) is 1. The fourth-order valence-electron chi connectivity index (χ4n) is 5.83. The van der Waals surface area contributed by atoms with Crippen LogP contribution in [0.3, 0.4) is 0 Å². The zero-order valence-electron chi connectivity index (χ0n) is 18.6. The standard InChI is InChI=1S/C26H32F2N4/c27-19-10-11-25(22(28)16-19)31-30-24-13-12-23(20-7-1-2-8-21(20)24)29-17-18-6-5-15-32-14-4-3-9-26(18)32/h10-13,16,18,26,29H,1-9,14-15,17H2/t18-,26+/m0/s1. The molecule has 0 amide bonds. The van der Waals surface area contributed by atoms with Gasteiger partial charge in [0, 0.05) is 24.3 Å². The Bertz CT molecular complexity index is 988. The zero-order valence-corrected chi connectivity index (χ0v) is 18.6. The maximum Gasteiger partial charge on any atom is 0.153 e. The van der Waals surface area contributed by atoms with Crippen molar-refractivity contribution in [2.24, 2.45) is 16.1 Å². The van der Waals surface area contributed by atoms with Crippen LogP contribution in [0.5, 0.6) is 0 Å². The number of piperidine rings is 2. The average molecular weight is 439 g/mol. The van der Waals surface area contributed by atoms with E-state index in [4.69, 9.17) is 0 Å². The summed E-state index contributed by atoms with van der Waals surface area (Å²) in [4.78, 5) is 2.72. The van der Waals surface area contributed by atoms with Crippen LogP contribution in [-0.2, 0) is 12.8 Å². The molecular formula is C26H32F2N4. The van der Waals surface area contributed by atoms with Crippen LogP contribution >= 0.6 is 0 Å². The van der Waals surface area contributed by atoms with E-state index in [9.17, 15) is 8.78 Å². The van der Waals surface area contributed by atoms with Crippen molar-refractivity contribution >= 4 is 17.1 Å². The van der Waals surface area contributed by atoms with E-state index >= 15 is 0 Å². The molecule has 2 atom stereocenters. The smallest absolute Gasteiger partial charge is 0.153 e. The van der Waals surface area contributed by atoms with Gasteiger partial charge in [-0.15, -0.1) is 5.11 Å². The lowest BCUT2D eigenvalue weighted by atomic mass is 9.83. The summed E-state index contributed by atoms with van der Waals surface area (Å²) in [7, 11) is 0. The van der Waals surface area contributed by atoms with Crippen LogP contribution in [0.1, 0.15) is 56.1 Å². The van der Waals surface area contributed by atoms with E-state index in [0.29, 0.717) is 5.92 Å². The van der Waals surface area contributed by atoms with Crippen molar-refractivity contribution in [1.29, 1.82) is 0 Å². The number of benzene rings is 2. The van der Waals surface area contributed by atoms with E-state index in [2.05, 4.69) is 26.5 Å². The zero-order chi connectivity index (χ0) is 21.9. The number of anilines is 1. The van der Waals surface area contributed by atoms with Crippen LogP contribution < -0.4 is 5.32 Å². The van der Waals surface area contributed by atoms with Crippen molar-refractivity contribution in [3.05, 3.63) is 53.1 Å². The second-order valence-corrected chi connectivity index (χ2v) is 9.47. The minimum absolute atomic E-state index is 0.0625. The van der Waals surface area contributed by atoms with E-state index < -0.39 is 11.6 Å². The molecule has 0 bridgehead atoms. The van der Waals surface area contributed by atoms with Gasteiger partial charge in [-0.3, -0.25) is 0 Å². The maximum absolute atomic E-state index is 13.9. The lowest BCUT2D eigenvalue weighted by molar-refractivity contribution is 0.0649. The lowest BCUT2D eigenvalue weighted by Gasteiger charge is -2.44. The van der Waals surface area contributed by atoms with Crippen molar-refractivity contribution in [3.8, 4) is 0 Å². The Balaban J connectivity index is 1.33. The lowest BCUT2D eigenvalue weighted by Crippen LogP contribution is -2.49. The van der Waals surface area contributed by atoms with Gasteiger partial charge in [0.1, 0.15) is 11.5 Å². The number of nitrogens with one attached hydrogen (secondary N) is 1. The van der Waals surface area contributed by atoms with Crippen LogP contribution in [0.2, 0.25) is 0 Å². The first-order chi connectivity index (χ1) is 15.7. The predicted octanol–water partition coefficient (Wildman–Crippen LogP) is 6.94. The highest BCUT2D eigenvalue weighted by Crippen LogP contribution is 2.37. The number of nitrogens with zero attached hydrogens (tertiary/aromatic N) is 3. The fourth-order valence-corrected chi connectivity index (χ4v) is 5.83. The molecule has 2 fully saturated rings. The quantitative estimate of drug-likeness (QED) is 0.514. The Morgan fingerprint density at radius 2 is 1.62 bits per heavy atom. The average Bonchev–Trinajstić information content (AvgIpc) is 2.82. The summed E-state index contributed by atoms with van der Waals surface area (Å²) in [6, 6.07) is 8.22. The molecule has 2 aromatic rings. The third-order valence-corrected chi connectivity index (χ3v) is 7.47. The van der Waals surface area contributed by atoms with E-state index in [1.54, 1.807) is 0 Å². The van der Waals surface area contributed by atoms with Gasteiger partial charge in [0.15, 0.2) is 5.82 Å². The summed E-state index contributed by atoms with van der Waals surface area (Å²) in [5.41, 5.74) is 4.64. The Morgan fingerprint density at radius 1 is 0.844 bits per heavy atom. The molecule has 2 heterocycles.